The van der Waals surface area contributed by atoms with Gasteiger partial charge < -0.3 is 10.4 Å². The van der Waals surface area contributed by atoms with Gasteiger partial charge in [-0.05, 0) is 18.1 Å². The van der Waals surface area contributed by atoms with Crippen LogP contribution < -0.4 is 5.32 Å². The molecule has 2 rings (SSSR count). The molecule has 2 aromatic carbocycles. The molecule has 4 heteroatoms. The van der Waals surface area contributed by atoms with Crippen LogP contribution in [0.3, 0.4) is 0 Å². The topological polar surface area (TPSA) is 66.4 Å². The highest BCUT2D eigenvalue weighted by Crippen LogP contribution is 2.27. The van der Waals surface area contributed by atoms with E-state index in [4.69, 9.17) is 0 Å². The highest BCUT2D eigenvalue weighted by Gasteiger charge is 2.21. The Labute approximate surface area is 136 Å². The summed E-state index contributed by atoms with van der Waals surface area (Å²) in [5.41, 5.74) is 2.08. The molecule has 0 saturated carbocycles. The molecule has 0 bridgehead atoms. The lowest BCUT2D eigenvalue weighted by atomic mass is 9.88. The molecule has 0 saturated heterocycles. The molecule has 0 fully saturated rings. The van der Waals surface area contributed by atoms with Gasteiger partial charge in [0.05, 0.1) is 6.61 Å². The Hall–Kier alpha value is -2.46. The van der Waals surface area contributed by atoms with Crippen molar-refractivity contribution in [3.8, 4) is 0 Å². The maximum absolute atomic E-state index is 12.3. The number of hydrogen-bond acceptors (Lipinski definition) is 3. The van der Waals surface area contributed by atoms with Gasteiger partial charge in [0.1, 0.15) is 6.04 Å². The van der Waals surface area contributed by atoms with Crippen molar-refractivity contribution < 1.29 is 14.7 Å². The molecule has 2 aromatic rings. The van der Waals surface area contributed by atoms with Gasteiger partial charge in [-0.1, -0.05) is 60.7 Å². The van der Waals surface area contributed by atoms with Gasteiger partial charge >= 0.3 is 0 Å². The van der Waals surface area contributed by atoms with Crippen LogP contribution in [0.5, 0.6) is 0 Å². The van der Waals surface area contributed by atoms with Crippen LogP contribution >= 0.6 is 0 Å². The summed E-state index contributed by atoms with van der Waals surface area (Å²) in [4.78, 5) is 23.7. The second kappa shape index (κ2) is 8.25. The molecule has 0 aliphatic rings. The molecule has 4 nitrogen and oxygen atoms in total. The molecule has 0 aromatic heterocycles. The predicted molar refractivity (Wildman–Crippen MR) is 89.0 cm³/mol. The van der Waals surface area contributed by atoms with E-state index in [-0.39, 0.29) is 30.6 Å². The third kappa shape index (κ3) is 4.76. The van der Waals surface area contributed by atoms with E-state index in [1.807, 2.05) is 60.7 Å². The third-order valence-corrected chi connectivity index (χ3v) is 3.80. The minimum atomic E-state index is -0.838. The summed E-state index contributed by atoms with van der Waals surface area (Å²) in [6, 6.07) is 18.7. The largest absolute Gasteiger partial charge is 0.394 e. The number of aliphatic hydroxyl groups excluding tert-OH is 1. The number of ketones is 1. The number of Topliss-reactive ketones (excluding diaryl/α,β-unsaturated/α-hetero) is 1. The van der Waals surface area contributed by atoms with Crippen molar-refractivity contribution in [2.24, 2.45) is 0 Å². The number of rotatable bonds is 7. The van der Waals surface area contributed by atoms with Gasteiger partial charge in [-0.15, -0.1) is 0 Å². The zero-order chi connectivity index (χ0) is 16.7. The maximum Gasteiger partial charge on any atom is 0.221 e. The molecule has 0 aliphatic heterocycles. The number of amides is 1. The van der Waals surface area contributed by atoms with Crippen LogP contribution in [0.2, 0.25) is 0 Å². The standard InChI is InChI=1S/C19H21NO3/c1-14(22)18(13-21)20-19(23)12-17(15-8-4-2-5-9-15)16-10-6-3-7-11-16/h2-11,17-18,21H,12-13H2,1H3,(H,20,23)/t18-/m0/s1. The van der Waals surface area contributed by atoms with Gasteiger partial charge in [0, 0.05) is 12.3 Å². The number of aliphatic hydroxyl groups is 1. The van der Waals surface area contributed by atoms with E-state index in [0.29, 0.717) is 0 Å². The molecule has 0 aliphatic carbocycles. The summed E-state index contributed by atoms with van der Waals surface area (Å²) in [5.74, 6) is -0.600. The van der Waals surface area contributed by atoms with E-state index in [1.165, 1.54) is 6.92 Å². The monoisotopic (exact) mass is 311 g/mol. The Balaban J connectivity index is 2.19. The second-order valence-electron chi connectivity index (χ2n) is 5.49. The Morgan fingerprint density at radius 2 is 1.43 bits per heavy atom. The first-order valence-corrected chi connectivity index (χ1v) is 7.62. The maximum atomic E-state index is 12.3. The fraction of sp³-hybridized carbons (Fsp3) is 0.263. The molecule has 0 heterocycles. The van der Waals surface area contributed by atoms with Gasteiger partial charge in [0.25, 0.3) is 0 Å². The summed E-state index contributed by atoms with van der Waals surface area (Å²) < 4.78 is 0. The molecular weight excluding hydrogens is 290 g/mol. The van der Waals surface area contributed by atoms with Crippen LogP contribution in [0.4, 0.5) is 0 Å². The van der Waals surface area contributed by atoms with Crippen LogP contribution in [-0.4, -0.2) is 29.4 Å². The van der Waals surface area contributed by atoms with E-state index in [9.17, 15) is 14.7 Å². The summed E-state index contributed by atoms with van der Waals surface area (Å²) in [5, 5.41) is 11.8. The van der Waals surface area contributed by atoms with Crippen LogP contribution in [0.1, 0.15) is 30.4 Å². The molecule has 0 unspecified atom stereocenters. The molecule has 1 amide bonds. The first-order valence-electron chi connectivity index (χ1n) is 7.62. The summed E-state index contributed by atoms with van der Waals surface area (Å²) in [7, 11) is 0. The van der Waals surface area contributed by atoms with Crippen molar-refractivity contribution in [2.75, 3.05) is 6.61 Å². The zero-order valence-corrected chi connectivity index (χ0v) is 13.1. The van der Waals surface area contributed by atoms with Gasteiger partial charge in [-0.3, -0.25) is 9.59 Å². The highest BCUT2D eigenvalue weighted by atomic mass is 16.3. The Morgan fingerprint density at radius 1 is 0.957 bits per heavy atom. The average molecular weight is 311 g/mol. The third-order valence-electron chi connectivity index (χ3n) is 3.80. The zero-order valence-electron chi connectivity index (χ0n) is 13.1. The summed E-state index contributed by atoms with van der Waals surface area (Å²) in [6.45, 7) is 0.968. The van der Waals surface area contributed by atoms with Crippen molar-refractivity contribution in [3.63, 3.8) is 0 Å². The van der Waals surface area contributed by atoms with Gasteiger partial charge in [-0.25, -0.2) is 0 Å². The fourth-order valence-electron chi connectivity index (χ4n) is 2.51. The van der Waals surface area contributed by atoms with Crippen molar-refractivity contribution in [2.45, 2.75) is 25.3 Å². The minimum absolute atomic E-state index is 0.0938. The Morgan fingerprint density at radius 3 is 1.83 bits per heavy atom. The SMILES string of the molecule is CC(=O)[C@H](CO)NC(=O)CC(c1ccccc1)c1ccccc1. The minimum Gasteiger partial charge on any atom is -0.394 e. The second-order valence-corrected chi connectivity index (χ2v) is 5.49. The van der Waals surface area contributed by atoms with Crippen LogP contribution in [-0.2, 0) is 9.59 Å². The summed E-state index contributed by atoms with van der Waals surface area (Å²) in [6.07, 6.45) is 0.220. The number of hydrogen-bond donors (Lipinski definition) is 2. The van der Waals surface area contributed by atoms with Crippen LogP contribution in [0, 0.1) is 0 Å². The predicted octanol–water partition coefficient (Wildman–Crippen LogP) is 2.27. The normalized spacial score (nSPS) is 12.0. The number of carbonyl (C=O) groups is 2. The molecule has 23 heavy (non-hydrogen) atoms. The van der Waals surface area contributed by atoms with Crippen molar-refractivity contribution in [3.05, 3.63) is 71.8 Å². The Bertz CT molecular complexity index is 601. The number of nitrogens with one attached hydrogen (secondary N) is 1. The Kier molecular flexibility index (Phi) is 6.06. The van der Waals surface area contributed by atoms with Gasteiger partial charge in [0.2, 0.25) is 5.91 Å². The lowest BCUT2D eigenvalue weighted by Crippen LogP contribution is -2.42. The quantitative estimate of drug-likeness (QED) is 0.824. The molecule has 0 spiro atoms. The van der Waals surface area contributed by atoms with Crippen molar-refractivity contribution >= 4 is 11.7 Å². The van der Waals surface area contributed by atoms with Crippen LogP contribution in [0.15, 0.2) is 60.7 Å². The van der Waals surface area contributed by atoms with Crippen molar-refractivity contribution in [1.29, 1.82) is 0 Å². The van der Waals surface area contributed by atoms with E-state index in [2.05, 4.69) is 5.32 Å². The first-order chi connectivity index (χ1) is 11.1. The van der Waals surface area contributed by atoms with Crippen LogP contribution in [0.25, 0.3) is 0 Å². The molecule has 0 radical (unpaired) electrons. The van der Waals surface area contributed by atoms with E-state index in [0.717, 1.165) is 11.1 Å². The van der Waals surface area contributed by atoms with Crippen molar-refractivity contribution in [1.82, 2.24) is 5.32 Å². The highest BCUT2D eigenvalue weighted by molar-refractivity contribution is 5.88. The lowest BCUT2D eigenvalue weighted by Gasteiger charge is -2.19. The van der Waals surface area contributed by atoms with E-state index < -0.39 is 6.04 Å². The molecular formula is C19H21NO3. The molecule has 2 N–H and O–H groups in total. The molecule has 1 atom stereocenters. The van der Waals surface area contributed by atoms with E-state index in [1.54, 1.807) is 0 Å². The van der Waals surface area contributed by atoms with Gasteiger partial charge in [0.15, 0.2) is 5.78 Å². The fourth-order valence-corrected chi connectivity index (χ4v) is 2.51. The number of benzene rings is 2. The lowest BCUT2D eigenvalue weighted by molar-refractivity contribution is -0.127. The average Bonchev–Trinajstić information content (AvgIpc) is 2.59. The van der Waals surface area contributed by atoms with Gasteiger partial charge in [-0.2, -0.15) is 0 Å². The number of carbonyl (C=O) groups excluding carboxylic acids is 2. The smallest absolute Gasteiger partial charge is 0.221 e. The summed E-state index contributed by atoms with van der Waals surface area (Å²) >= 11 is 0. The molecule has 120 valence electrons. The van der Waals surface area contributed by atoms with E-state index >= 15 is 0 Å². The first kappa shape index (κ1) is 16.9.